The lowest BCUT2D eigenvalue weighted by molar-refractivity contribution is 0.669. The molecule has 0 amide bonds. The van der Waals surface area contributed by atoms with E-state index in [1.807, 2.05) is 17.4 Å². The smallest absolute Gasteiger partial charge is 0.166 e. The Kier molecular flexibility index (Phi) is 7.11. The van der Waals surface area contributed by atoms with Crippen molar-refractivity contribution in [3.63, 3.8) is 0 Å². The molecule has 0 spiro atoms. The maximum Gasteiger partial charge on any atom is 0.166 e. The summed E-state index contributed by atoms with van der Waals surface area (Å²) in [6.45, 7) is 0. The fourth-order valence-corrected chi connectivity index (χ4v) is 12.3. The Bertz CT molecular complexity index is 4160. The molecule has 288 valence electrons. The van der Waals surface area contributed by atoms with Crippen LogP contribution in [0.5, 0.6) is 0 Å². The van der Waals surface area contributed by atoms with Crippen molar-refractivity contribution in [3.05, 3.63) is 188 Å². The van der Waals surface area contributed by atoms with E-state index in [9.17, 15) is 0 Å². The monoisotopic (exact) mass is 825 g/mol. The van der Waals surface area contributed by atoms with Crippen LogP contribution in [0.3, 0.4) is 0 Å². The average molecular weight is 826 g/mol. The van der Waals surface area contributed by atoms with E-state index >= 15 is 0 Å². The Morgan fingerprint density at radius 2 is 1.05 bits per heavy atom. The molecule has 0 saturated heterocycles. The molecule has 5 aromatic heterocycles. The first-order valence-corrected chi connectivity index (χ1v) is 22.5. The molecular formula is C56H31N3OS2. The van der Waals surface area contributed by atoms with Crippen LogP contribution in [0.25, 0.3) is 134 Å². The summed E-state index contributed by atoms with van der Waals surface area (Å²) in [5.74, 6) is 1.49. The first kappa shape index (κ1) is 34.1. The van der Waals surface area contributed by atoms with Crippen molar-refractivity contribution in [2.75, 3.05) is 0 Å². The highest BCUT2D eigenvalue weighted by Crippen LogP contribution is 2.50. The Hall–Kier alpha value is -7.64. The van der Waals surface area contributed by atoms with Crippen LogP contribution in [-0.4, -0.2) is 14.5 Å². The van der Waals surface area contributed by atoms with E-state index in [1.165, 1.54) is 57.5 Å². The lowest BCUT2D eigenvalue weighted by atomic mass is 9.97. The van der Waals surface area contributed by atoms with Crippen LogP contribution in [0.1, 0.15) is 0 Å². The fourth-order valence-electron chi connectivity index (χ4n) is 9.95. The third kappa shape index (κ3) is 4.76. The molecule has 0 aliphatic heterocycles. The van der Waals surface area contributed by atoms with Crippen molar-refractivity contribution in [3.8, 4) is 39.5 Å². The highest BCUT2D eigenvalue weighted by Gasteiger charge is 2.27. The average Bonchev–Trinajstić information content (AvgIpc) is 4.11. The van der Waals surface area contributed by atoms with Crippen molar-refractivity contribution < 1.29 is 4.42 Å². The molecule has 5 heterocycles. The van der Waals surface area contributed by atoms with Crippen molar-refractivity contribution in [2.45, 2.75) is 0 Å². The molecule has 0 atom stereocenters. The number of furan rings is 1. The highest BCUT2D eigenvalue weighted by atomic mass is 32.1. The zero-order valence-electron chi connectivity index (χ0n) is 33.0. The summed E-state index contributed by atoms with van der Waals surface area (Å²) in [6, 6.07) is 67.4. The van der Waals surface area contributed by atoms with E-state index in [-0.39, 0.29) is 0 Å². The topological polar surface area (TPSA) is 43.9 Å². The third-order valence-electron chi connectivity index (χ3n) is 12.6. The van der Waals surface area contributed by atoms with E-state index in [0.717, 1.165) is 71.1 Å². The van der Waals surface area contributed by atoms with E-state index in [2.05, 4.69) is 187 Å². The minimum Gasteiger partial charge on any atom is -0.455 e. The van der Waals surface area contributed by atoms with Crippen molar-refractivity contribution >= 4 is 118 Å². The molecule has 6 heteroatoms. The van der Waals surface area contributed by atoms with Crippen LogP contribution in [-0.2, 0) is 0 Å². The Labute approximate surface area is 362 Å². The Morgan fingerprint density at radius 1 is 0.419 bits per heavy atom. The number of thiophene rings is 2. The first-order chi connectivity index (χ1) is 30.8. The molecule has 4 nitrogen and oxygen atoms in total. The lowest BCUT2D eigenvalue weighted by Gasteiger charge is -2.14. The van der Waals surface area contributed by atoms with Gasteiger partial charge in [0.1, 0.15) is 16.0 Å². The highest BCUT2D eigenvalue weighted by molar-refractivity contribution is 7.27. The van der Waals surface area contributed by atoms with Crippen LogP contribution in [0, 0.1) is 0 Å². The molecule has 0 unspecified atom stereocenters. The third-order valence-corrected chi connectivity index (χ3v) is 14.9. The number of fused-ring (bicyclic) bond motifs is 16. The number of hydrogen-bond acceptors (Lipinski definition) is 5. The lowest BCUT2D eigenvalue weighted by Crippen LogP contribution is -2.02. The predicted molar refractivity (Wildman–Crippen MR) is 263 cm³/mol. The van der Waals surface area contributed by atoms with E-state index < -0.39 is 0 Å². The fraction of sp³-hybridized carbons (Fsp3) is 0. The van der Waals surface area contributed by atoms with Gasteiger partial charge in [0.15, 0.2) is 11.6 Å². The number of aromatic nitrogens is 3. The van der Waals surface area contributed by atoms with Gasteiger partial charge in [0.2, 0.25) is 0 Å². The summed E-state index contributed by atoms with van der Waals surface area (Å²) in [5.41, 5.74) is 9.35. The molecule has 0 aliphatic rings. The summed E-state index contributed by atoms with van der Waals surface area (Å²) < 4.78 is 13.1. The quantitative estimate of drug-likeness (QED) is 0.178. The molecule has 0 aliphatic carbocycles. The molecule has 0 bridgehead atoms. The van der Waals surface area contributed by atoms with Crippen LogP contribution in [0.4, 0.5) is 0 Å². The second-order valence-corrected chi connectivity index (χ2v) is 18.1. The zero-order chi connectivity index (χ0) is 40.5. The molecular weight excluding hydrogens is 795 g/mol. The minimum atomic E-state index is 0.630. The van der Waals surface area contributed by atoms with E-state index in [4.69, 9.17) is 14.4 Å². The Balaban J connectivity index is 1.17. The van der Waals surface area contributed by atoms with Crippen molar-refractivity contribution in [1.29, 1.82) is 0 Å². The van der Waals surface area contributed by atoms with Crippen LogP contribution < -0.4 is 0 Å². The maximum absolute atomic E-state index is 6.85. The van der Waals surface area contributed by atoms with Crippen LogP contribution in [0.2, 0.25) is 0 Å². The van der Waals surface area contributed by atoms with E-state index in [0.29, 0.717) is 5.82 Å². The van der Waals surface area contributed by atoms with Gasteiger partial charge in [-0.15, -0.1) is 22.7 Å². The number of para-hydroxylation sites is 1. The molecule has 0 fully saturated rings. The number of benzene rings is 9. The van der Waals surface area contributed by atoms with Gasteiger partial charge in [-0.3, -0.25) is 4.57 Å². The molecule has 0 saturated carbocycles. The molecule has 14 aromatic rings. The van der Waals surface area contributed by atoms with Crippen LogP contribution in [0.15, 0.2) is 192 Å². The summed E-state index contributed by atoms with van der Waals surface area (Å²) in [5, 5.41) is 11.7. The largest absolute Gasteiger partial charge is 0.455 e. The number of nitrogens with zero attached hydrogens (tertiary/aromatic N) is 3. The molecule has 62 heavy (non-hydrogen) atoms. The van der Waals surface area contributed by atoms with Crippen LogP contribution >= 0.6 is 22.7 Å². The normalized spacial score (nSPS) is 12.2. The molecule has 0 N–H and O–H groups in total. The molecule has 0 radical (unpaired) electrons. The van der Waals surface area contributed by atoms with Gasteiger partial charge in [-0.05, 0) is 58.7 Å². The van der Waals surface area contributed by atoms with Gasteiger partial charge in [-0.2, -0.15) is 0 Å². The van der Waals surface area contributed by atoms with E-state index in [1.54, 1.807) is 11.3 Å². The number of rotatable bonds is 4. The summed E-state index contributed by atoms with van der Waals surface area (Å²) in [4.78, 5) is 12.2. The van der Waals surface area contributed by atoms with Gasteiger partial charge in [0.25, 0.3) is 0 Å². The van der Waals surface area contributed by atoms with Gasteiger partial charge in [0, 0.05) is 62.6 Å². The van der Waals surface area contributed by atoms with Gasteiger partial charge >= 0.3 is 0 Å². The van der Waals surface area contributed by atoms with Gasteiger partial charge in [0.05, 0.1) is 22.0 Å². The standard InChI is InChI=1S/C56H31N3OS2/c1-3-15-32(16-4-1)34-27-30-43-42(31-34)48-49-39-22-10-13-25-45(39)61-53(49)37-20-8-7-19-36(37)51(48)59(43)55-50-40-23-11-14-26-46(40)62-56(50)58-54(57-55)41-29-28-35(33-17-5-2-6-18-33)47-38-21-9-12-24-44(38)60-52(41)47/h1-31H. The zero-order valence-corrected chi connectivity index (χ0v) is 34.6. The molecule has 14 rings (SSSR count). The minimum absolute atomic E-state index is 0.630. The molecule has 9 aromatic carbocycles. The SMILES string of the molecule is c1ccc(-c2ccc3c(c2)c2c4c5ccccc5sc4c4ccccc4c2n3-c2nc(-c3ccc(-c4ccccc4)c4c3oc3ccccc34)nc3sc4ccccc4c23)cc1. The summed E-state index contributed by atoms with van der Waals surface area (Å²) in [6.07, 6.45) is 0. The second-order valence-electron chi connectivity index (χ2n) is 16.0. The van der Waals surface area contributed by atoms with Gasteiger partial charge < -0.3 is 4.42 Å². The maximum atomic E-state index is 6.85. The predicted octanol–water partition coefficient (Wildman–Crippen LogP) is 16.4. The van der Waals surface area contributed by atoms with Crippen molar-refractivity contribution in [1.82, 2.24) is 14.5 Å². The van der Waals surface area contributed by atoms with Crippen molar-refractivity contribution in [2.24, 2.45) is 0 Å². The number of hydrogen-bond donors (Lipinski definition) is 0. The second kappa shape index (κ2) is 12.9. The summed E-state index contributed by atoms with van der Waals surface area (Å²) in [7, 11) is 0. The van der Waals surface area contributed by atoms with Gasteiger partial charge in [-0.1, -0.05) is 152 Å². The Morgan fingerprint density at radius 3 is 1.84 bits per heavy atom. The first-order valence-electron chi connectivity index (χ1n) is 20.8. The summed E-state index contributed by atoms with van der Waals surface area (Å²) >= 11 is 3.60. The van der Waals surface area contributed by atoms with Gasteiger partial charge in [-0.25, -0.2) is 9.97 Å².